The summed E-state index contributed by atoms with van der Waals surface area (Å²) >= 11 is 1.63. The molecule has 0 saturated heterocycles. The topological polar surface area (TPSA) is 49.3 Å². The number of nitrogens with one attached hydrogen (secondary N) is 1. The van der Waals surface area contributed by atoms with Gasteiger partial charge in [-0.25, -0.2) is 0 Å². The van der Waals surface area contributed by atoms with E-state index in [0.29, 0.717) is 13.0 Å². The van der Waals surface area contributed by atoms with Crippen LogP contribution in [0.1, 0.15) is 5.56 Å². The molecule has 0 spiro atoms. The van der Waals surface area contributed by atoms with Gasteiger partial charge in [0.25, 0.3) is 0 Å². The Morgan fingerprint density at radius 1 is 1.47 bits per heavy atom. The molecule has 2 N–H and O–H groups in total. The zero-order valence-electron chi connectivity index (χ0n) is 8.69. The van der Waals surface area contributed by atoms with E-state index in [4.69, 9.17) is 5.11 Å². The van der Waals surface area contributed by atoms with Crippen molar-refractivity contribution in [2.45, 2.75) is 11.3 Å². The highest BCUT2D eigenvalue weighted by Gasteiger charge is 2.05. The van der Waals surface area contributed by atoms with Crippen molar-refractivity contribution >= 4 is 17.7 Å². The van der Waals surface area contributed by atoms with E-state index in [1.54, 1.807) is 11.8 Å². The van der Waals surface area contributed by atoms with Gasteiger partial charge in [0.1, 0.15) is 0 Å². The van der Waals surface area contributed by atoms with Gasteiger partial charge in [0, 0.05) is 11.4 Å². The van der Waals surface area contributed by atoms with Crippen LogP contribution in [0.2, 0.25) is 0 Å². The van der Waals surface area contributed by atoms with Crippen LogP contribution in [0.3, 0.4) is 0 Å². The van der Waals surface area contributed by atoms with Crippen molar-refractivity contribution in [1.29, 1.82) is 0 Å². The Morgan fingerprint density at radius 3 is 2.87 bits per heavy atom. The van der Waals surface area contributed by atoms with Crippen LogP contribution in [-0.4, -0.2) is 30.4 Å². The number of hydrogen-bond donors (Lipinski definition) is 2. The first-order chi connectivity index (χ1) is 7.27. The van der Waals surface area contributed by atoms with Gasteiger partial charge in [0.05, 0.1) is 13.0 Å². The predicted octanol–water partition coefficient (Wildman–Crippen LogP) is 1.06. The maximum atomic E-state index is 11.4. The first-order valence-electron chi connectivity index (χ1n) is 4.77. The van der Waals surface area contributed by atoms with Crippen LogP contribution < -0.4 is 5.32 Å². The summed E-state index contributed by atoms with van der Waals surface area (Å²) in [6, 6.07) is 7.83. The summed E-state index contributed by atoms with van der Waals surface area (Å²) in [4.78, 5) is 12.5. The van der Waals surface area contributed by atoms with Crippen molar-refractivity contribution in [3.63, 3.8) is 0 Å². The molecule has 0 aliphatic carbocycles. The molecule has 4 heteroatoms. The fourth-order valence-corrected chi connectivity index (χ4v) is 1.90. The number of hydrogen-bond acceptors (Lipinski definition) is 3. The van der Waals surface area contributed by atoms with E-state index in [1.807, 2.05) is 30.5 Å². The fraction of sp³-hybridized carbons (Fsp3) is 0.364. The number of thioether (sulfide) groups is 1. The van der Waals surface area contributed by atoms with Crippen molar-refractivity contribution in [2.24, 2.45) is 0 Å². The third-order valence-corrected chi connectivity index (χ3v) is 2.82. The Morgan fingerprint density at radius 2 is 2.20 bits per heavy atom. The number of carbonyl (C=O) groups is 1. The number of carbonyl (C=O) groups excluding carboxylic acids is 1. The van der Waals surface area contributed by atoms with Crippen LogP contribution in [0.5, 0.6) is 0 Å². The standard InChI is InChI=1S/C11H15NO2S/c1-15-10-5-3-2-4-9(10)8-11(14)12-6-7-13/h2-5,13H,6-8H2,1H3,(H,12,14). The SMILES string of the molecule is CSc1ccccc1CC(=O)NCCO. The lowest BCUT2D eigenvalue weighted by Crippen LogP contribution is -2.27. The third kappa shape index (κ3) is 3.93. The summed E-state index contributed by atoms with van der Waals surface area (Å²) in [5.41, 5.74) is 1.03. The lowest BCUT2D eigenvalue weighted by molar-refractivity contribution is -0.120. The zero-order chi connectivity index (χ0) is 11.1. The smallest absolute Gasteiger partial charge is 0.224 e. The minimum atomic E-state index is -0.0504. The molecule has 0 aliphatic heterocycles. The Kier molecular flexibility index (Phi) is 5.21. The summed E-state index contributed by atoms with van der Waals surface area (Å²) in [5.74, 6) is -0.0504. The highest BCUT2D eigenvalue weighted by molar-refractivity contribution is 7.98. The molecule has 15 heavy (non-hydrogen) atoms. The van der Waals surface area contributed by atoms with Gasteiger partial charge in [-0.15, -0.1) is 11.8 Å². The molecule has 0 radical (unpaired) electrons. The molecule has 0 saturated carbocycles. The lowest BCUT2D eigenvalue weighted by atomic mass is 10.1. The quantitative estimate of drug-likeness (QED) is 0.737. The monoisotopic (exact) mass is 225 g/mol. The van der Waals surface area contributed by atoms with Crippen molar-refractivity contribution in [2.75, 3.05) is 19.4 Å². The van der Waals surface area contributed by atoms with Crippen molar-refractivity contribution in [1.82, 2.24) is 5.32 Å². The van der Waals surface area contributed by atoms with Gasteiger partial charge >= 0.3 is 0 Å². The number of amides is 1. The van der Waals surface area contributed by atoms with E-state index in [1.165, 1.54) is 0 Å². The largest absolute Gasteiger partial charge is 0.395 e. The average molecular weight is 225 g/mol. The van der Waals surface area contributed by atoms with E-state index < -0.39 is 0 Å². The van der Waals surface area contributed by atoms with E-state index in [2.05, 4.69) is 5.32 Å². The van der Waals surface area contributed by atoms with E-state index >= 15 is 0 Å². The molecule has 3 nitrogen and oxygen atoms in total. The molecule has 0 heterocycles. The predicted molar refractivity (Wildman–Crippen MR) is 62.0 cm³/mol. The minimum Gasteiger partial charge on any atom is -0.395 e. The molecule has 1 aromatic carbocycles. The van der Waals surface area contributed by atoms with Gasteiger partial charge in [-0.1, -0.05) is 18.2 Å². The molecule has 0 unspecified atom stereocenters. The molecule has 0 aromatic heterocycles. The number of benzene rings is 1. The van der Waals surface area contributed by atoms with Crippen LogP contribution in [0, 0.1) is 0 Å². The highest BCUT2D eigenvalue weighted by atomic mass is 32.2. The zero-order valence-corrected chi connectivity index (χ0v) is 9.51. The molecule has 0 aliphatic rings. The number of aliphatic hydroxyl groups is 1. The summed E-state index contributed by atoms with van der Waals surface area (Å²) in [6.07, 6.45) is 2.36. The first-order valence-corrected chi connectivity index (χ1v) is 6.00. The van der Waals surface area contributed by atoms with Crippen molar-refractivity contribution < 1.29 is 9.90 Å². The van der Waals surface area contributed by atoms with Gasteiger partial charge in [-0.2, -0.15) is 0 Å². The molecule has 1 aromatic rings. The third-order valence-electron chi connectivity index (χ3n) is 1.98. The van der Waals surface area contributed by atoms with Crippen LogP contribution in [0.4, 0.5) is 0 Å². The Hall–Kier alpha value is -1.00. The number of aliphatic hydroxyl groups excluding tert-OH is 1. The van der Waals surface area contributed by atoms with Crippen LogP contribution in [-0.2, 0) is 11.2 Å². The van der Waals surface area contributed by atoms with Crippen molar-refractivity contribution in [3.8, 4) is 0 Å². The Bertz CT molecular complexity index is 328. The summed E-state index contributed by atoms with van der Waals surface area (Å²) in [5, 5.41) is 11.2. The molecule has 82 valence electrons. The average Bonchev–Trinajstić information content (AvgIpc) is 2.27. The minimum absolute atomic E-state index is 0.0179. The summed E-state index contributed by atoms with van der Waals surface area (Å²) in [7, 11) is 0. The second-order valence-electron chi connectivity index (χ2n) is 3.06. The molecular formula is C11H15NO2S. The Balaban J connectivity index is 2.59. The highest BCUT2D eigenvalue weighted by Crippen LogP contribution is 2.19. The van der Waals surface area contributed by atoms with Crippen LogP contribution in [0.15, 0.2) is 29.2 Å². The number of rotatable bonds is 5. The molecule has 1 amide bonds. The second-order valence-corrected chi connectivity index (χ2v) is 3.91. The molecular weight excluding hydrogens is 210 g/mol. The van der Waals surface area contributed by atoms with E-state index in [9.17, 15) is 4.79 Å². The second kappa shape index (κ2) is 6.48. The van der Waals surface area contributed by atoms with Crippen molar-refractivity contribution in [3.05, 3.63) is 29.8 Å². The maximum Gasteiger partial charge on any atom is 0.224 e. The van der Waals surface area contributed by atoms with E-state index in [0.717, 1.165) is 10.5 Å². The van der Waals surface area contributed by atoms with Gasteiger partial charge in [-0.05, 0) is 17.9 Å². The van der Waals surface area contributed by atoms with E-state index in [-0.39, 0.29) is 12.5 Å². The first kappa shape index (κ1) is 12.1. The summed E-state index contributed by atoms with van der Waals surface area (Å²) in [6.45, 7) is 0.302. The van der Waals surface area contributed by atoms with Crippen LogP contribution in [0.25, 0.3) is 0 Å². The van der Waals surface area contributed by atoms with Gasteiger partial charge in [-0.3, -0.25) is 4.79 Å². The molecule has 0 bridgehead atoms. The normalized spacial score (nSPS) is 10.0. The Labute approximate surface area is 93.9 Å². The summed E-state index contributed by atoms with van der Waals surface area (Å²) < 4.78 is 0. The van der Waals surface area contributed by atoms with Gasteiger partial charge in [0.15, 0.2) is 0 Å². The fourth-order valence-electron chi connectivity index (χ4n) is 1.28. The van der Waals surface area contributed by atoms with Gasteiger partial charge in [0.2, 0.25) is 5.91 Å². The lowest BCUT2D eigenvalue weighted by Gasteiger charge is -2.07. The maximum absolute atomic E-state index is 11.4. The van der Waals surface area contributed by atoms with Crippen LogP contribution >= 0.6 is 11.8 Å². The van der Waals surface area contributed by atoms with Gasteiger partial charge < -0.3 is 10.4 Å². The molecule has 0 fully saturated rings. The molecule has 1 rings (SSSR count). The molecule has 0 atom stereocenters.